The number of phenols is 1. The van der Waals surface area contributed by atoms with Gasteiger partial charge in [0, 0.05) is 0 Å². The fourth-order valence-corrected chi connectivity index (χ4v) is 1.23. The summed E-state index contributed by atoms with van der Waals surface area (Å²) in [5, 5.41) is 8.97. The number of hydrogen-bond donors (Lipinski definition) is 2. The predicted molar refractivity (Wildman–Crippen MR) is 48.6 cm³/mol. The van der Waals surface area contributed by atoms with Gasteiger partial charge in [0.25, 0.3) is 0 Å². The molecule has 60 valence electrons. The van der Waals surface area contributed by atoms with Gasteiger partial charge in [0.1, 0.15) is 5.75 Å². The summed E-state index contributed by atoms with van der Waals surface area (Å²) in [6.07, 6.45) is 1.96. The summed E-state index contributed by atoms with van der Waals surface area (Å²) in [6.45, 7) is 0. The van der Waals surface area contributed by atoms with Crippen molar-refractivity contribution in [3.8, 4) is 5.75 Å². The van der Waals surface area contributed by atoms with E-state index in [4.69, 9.17) is 10.8 Å². The van der Waals surface area contributed by atoms with E-state index in [0.717, 1.165) is 5.56 Å². The summed E-state index contributed by atoms with van der Waals surface area (Å²) in [6, 6.07) is 6.95. The second-order valence-electron chi connectivity index (χ2n) is 2.25. The van der Waals surface area contributed by atoms with Crippen molar-refractivity contribution in [1.82, 2.24) is 0 Å². The minimum absolute atomic E-state index is 0.00981. The third kappa shape index (κ3) is 2.13. The number of aromatic hydroxyl groups is 1. The normalized spacial score (nSPS) is 12.9. The molecule has 0 amide bonds. The van der Waals surface area contributed by atoms with Crippen LogP contribution in [0.15, 0.2) is 24.3 Å². The fourth-order valence-electron chi connectivity index (χ4n) is 0.800. The Bertz CT molecular complexity index is 222. The summed E-state index contributed by atoms with van der Waals surface area (Å²) >= 11 is 1.58. The molecule has 0 bridgehead atoms. The Kier molecular flexibility index (Phi) is 2.79. The Balaban J connectivity index is 2.81. The van der Waals surface area contributed by atoms with Crippen LogP contribution in [0.4, 0.5) is 0 Å². The van der Waals surface area contributed by atoms with E-state index in [1.165, 1.54) is 0 Å². The minimum Gasteiger partial charge on any atom is -0.508 e. The van der Waals surface area contributed by atoms with Crippen molar-refractivity contribution in [2.24, 2.45) is 5.73 Å². The third-order valence-corrected chi connectivity index (χ3v) is 2.26. The van der Waals surface area contributed by atoms with E-state index in [1.54, 1.807) is 23.9 Å². The van der Waals surface area contributed by atoms with Crippen molar-refractivity contribution in [1.29, 1.82) is 0 Å². The van der Waals surface area contributed by atoms with Gasteiger partial charge in [-0.1, -0.05) is 12.1 Å². The molecule has 0 heterocycles. The molecule has 11 heavy (non-hydrogen) atoms. The minimum atomic E-state index is 0.00981. The second kappa shape index (κ2) is 3.64. The van der Waals surface area contributed by atoms with Crippen LogP contribution >= 0.6 is 11.8 Å². The summed E-state index contributed by atoms with van der Waals surface area (Å²) in [5.74, 6) is 0.280. The van der Waals surface area contributed by atoms with Crippen LogP contribution in [0.3, 0.4) is 0 Å². The van der Waals surface area contributed by atoms with Gasteiger partial charge in [-0.2, -0.15) is 0 Å². The number of nitrogens with two attached hydrogens (primary N) is 1. The number of thioether (sulfide) groups is 1. The molecule has 0 spiro atoms. The molecule has 0 saturated carbocycles. The van der Waals surface area contributed by atoms with Gasteiger partial charge < -0.3 is 10.8 Å². The highest BCUT2D eigenvalue weighted by molar-refractivity contribution is 7.98. The van der Waals surface area contributed by atoms with Crippen molar-refractivity contribution in [3.63, 3.8) is 0 Å². The molecule has 0 radical (unpaired) electrons. The van der Waals surface area contributed by atoms with Gasteiger partial charge in [-0.25, -0.2) is 0 Å². The Morgan fingerprint density at radius 1 is 1.36 bits per heavy atom. The van der Waals surface area contributed by atoms with Gasteiger partial charge >= 0.3 is 0 Å². The van der Waals surface area contributed by atoms with Crippen molar-refractivity contribution in [2.75, 3.05) is 6.26 Å². The van der Waals surface area contributed by atoms with Crippen LogP contribution in [-0.4, -0.2) is 11.4 Å². The summed E-state index contributed by atoms with van der Waals surface area (Å²) < 4.78 is 0. The maximum Gasteiger partial charge on any atom is 0.115 e. The highest BCUT2D eigenvalue weighted by Gasteiger charge is 2.01. The molecule has 1 aromatic carbocycles. The van der Waals surface area contributed by atoms with Gasteiger partial charge in [0.2, 0.25) is 0 Å². The Hall–Kier alpha value is -0.670. The van der Waals surface area contributed by atoms with Gasteiger partial charge in [-0.05, 0) is 24.0 Å². The summed E-state index contributed by atoms with van der Waals surface area (Å²) in [5.41, 5.74) is 6.76. The van der Waals surface area contributed by atoms with Crippen LogP contribution in [0, 0.1) is 0 Å². The number of phenolic OH excluding ortho intramolecular Hbond substituents is 1. The van der Waals surface area contributed by atoms with E-state index < -0.39 is 0 Å². The first-order chi connectivity index (χ1) is 5.24. The molecule has 0 aliphatic carbocycles. The zero-order valence-corrected chi connectivity index (χ0v) is 7.14. The van der Waals surface area contributed by atoms with Crippen LogP contribution in [0.2, 0.25) is 0 Å². The van der Waals surface area contributed by atoms with Gasteiger partial charge in [0.15, 0.2) is 0 Å². The molecule has 1 aromatic rings. The predicted octanol–water partition coefficient (Wildman–Crippen LogP) is 1.71. The lowest BCUT2D eigenvalue weighted by atomic mass is 10.2. The average Bonchev–Trinajstić information content (AvgIpc) is 2.05. The molecule has 0 fully saturated rings. The first-order valence-electron chi connectivity index (χ1n) is 3.31. The number of benzene rings is 1. The number of rotatable bonds is 2. The third-order valence-electron chi connectivity index (χ3n) is 1.48. The van der Waals surface area contributed by atoms with Crippen molar-refractivity contribution < 1.29 is 5.11 Å². The topological polar surface area (TPSA) is 46.2 Å². The van der Waals surface area contributed by atoms with Crippen LogP contribution in [0.1, 0.15) is 10.9 Å². The van der Waals surface area contributed by atoms with Gasteiger partial charge in [0.05, 0.1) is 5.37 Å². The lowest BCUT2D eigenvalue weighted by molar-refractivity contribution is 0.475. The molecule has 2 nitrogen and oxygen atoms in total. The average molecular weight is 169 g/mol. The monoisotopic (exact) mass is 169 g/mol. The first kappa shape index (κ1) is 8.43. The molecule has 0 aliphatic heterocycles. The molecule has 1 atom stereocenters. The molecule has 3 heteroatoms. The smallest absolute Gasteiger partial charge is 0.115 e. The second-order valence-corrected chi connectivity index (χ2v) is 3.23. The van der Waals surface area contributed by atoms with E-state index in [9.17, 15) is 0 Å². The van der Waals surface area contributed by atoms with E-state index in [2.05, 4.69) is 0 Å². The lowest BCUT2D eigenvalue weighted by Crippen LogP contribution is -2.04. The Morgan fingerprint density at radius 2 is 1.91 bits per heavy atom. The first-order valence-corrected chi connectivity index (χ1v) is 4.60. The van der Waals surface area contributed by atoms with Crippen LogP contribution in [0.5, 0.6) is 5.75 Å². The quantitative estimate of drug-likeness (QED) is 0.662. The molecule has 1 rings (SSSR count). The molecule has 0 aromatic heterocycles. The Labute approximate surface area is 70.4 Å². The standard InChI is InChI=1S/C8H11NOS/c1-11-8(9)6-2-4-7(10)5-3-6/h2-5,8,10H,9H2,1H3. The summed E-state index contributed by atoms with van der Waals surface area (Å²) in [7, 11) is 0. The maximum atomic E-state index is 8.96. The van der Waals surface area contributed by atoms with Crippen LogP contribution in [-0.2, 0) is 0 Å². The zero-order valence-electron chi connectivity index (χ0n) is 6.32. The summed E-state index contributed by atoms with van der Waals surface area (Å²) in [4.78, 5) is 0. The molecular weight excluding hydrogens is 158 g/mol. The zero-order chi connectivity index (χ0) is 8.27. The van der Waals surface area contributed by atoms with Gasteiger partial charge in [-0.15, -0.1) is 11.8 Å². The highest BCUT2D eigenvalue weighted by atomic mass is 32.2. The van der Waals surface area contributed by atoms with E-state index in [1.807, 2.05) is 18.4 Å². The SMILES string of the molecule is CSC(N)c1ccc(O)cc1. The lowest BCUT2D eigenvalue weighted by Gasteiger charge is -2.07. The Morgan fingerprint density at radius 3 is 2.36 bits per heavy atom. The van der Waals surface area contributed by atoms with E-state index >= 15 is 0 Å². The fraction of sp³-hybridized carbons (Fsp3) is 0.250. The van der Waals surface area contributed by atoms with E-state index in [-0.39, 0.29) is 11.1 Å². The molecule has 3 N–H and O–H groups in total. The van der Waals surface area contributed by atoms with Crippen molar-refractivity contribution in [3.05, 3.63) is 29.8 Å². The van der Waals surface area contributed by atoms with E-state index in [0.29, 0.717) is 0 Å². The van der Waals surface area contributed by atoms with Crippen molar-refractivity contribution >= 4 is 11.8 Å². The molecular formula is C8H11NOS. The maximum absolute atomic E-state index is 8.96. The van der Waals surface area contributed by atoms with Crippen LogP contribution in [0.25, 0.3) is 0 Å². The van der Waals surface area contributed by atoms with Crippen molar-refractivity contribution in [2.45, 2.75) is 5.37 Å². The molecule has 1 unspecified atom stereocenters. The number of hydrogen-bond acceptors (Lipinski definition) is 3. The molecule has 0 aliphatic rings. The largest absolute Gasteiger partial charge is 0.508 e. The van der Waals surface area contributed by atoms with Crippen LogP contribution < -0.4 is 5.73 Å². The molecule has 0 saturated heterocycles. The van der Waals surface area contributed by atoms with Gasteiger partial charge in [-0.3, -0.25) is 0 Å². The highest BCUT2D eigenvalue weighted by Crippen LogP contribution is 2.21.